The van der Waals surface area contributed by atoms with Crippen LogP contribution in [0.3, 0.4) is 0 Å². The highest BCUT2D eigenvalue weighted by Crippen LogP contribution is 2.30. The molecule has 0 N–H and O–H groups in total. The van der Waals surface area contributed by atoms with E-state index in [4.69, 9.17) is 4.74 Å². The molecule has 0 bridgehead atoms. The van der Waals surface area contributed by atoms with Crippen LogP contribution in [0.5, 0.6) is 5.75 Å². The number of ether oxygens (including phenoxy) is 1. The average molecular weight is 300 g/mol. The number of azo groups is 1. The van der Waals surface area contributed by atoms with Crippen LogP contribution in [-0.4, -0.2) is 14.2 Å². The molecular weight excluding hydrogens is 282 g/mol. The van der Waals surface area contributed by atoms with Crippen LogP contribution in [0.25, 0.3) is 0 Å². The normalized spacial score (nSPS) is 11.9. The number of nitrogens with zero attached hydrogens (tertiary/aromatic N) is 3. The largest absolute Gasteiger partial charge is 0.626 e. The number of hydrogen-bond acceptors (Lipinski definition) is 5. The maximum absolute atomic E-state index is 11.3. The minimum absolute atomic E-state index is 0.121. The standard InChI is InChI=1S/C16H18N3O3/c1-11-10-16(22-4)12(2)9-15(11)18-17-13-5-7-14(8-6-13)19(3,20)21/h5-10H,1-4H3/q-1. The van der Waals surface area contributed by atoms with Gasteiger partial charge in [0.2, 0.25) is 0 Å². The number of benzene rings is 2. The zero-order valence-electron chi connectivity index (χ0n) is 13.0. The molecule has 0 unspecified atom stereocenters. The molecule has 2 rings (SSSR count). The van der Waals surface area contributed by atoms with Crippen molar-refractivity contribution in [3.8, 4) is 5.75 Å². The lowest BCUT2D eigenvalue weighted by molar-refractivity contribution is 0.411. The van der Waals surface area contributed by atoms with E-state index in [0.717, 1.165) is 29.6 Å². The minimum Gasteiger partial charge on any atom is -0.626 e. The number of quaternary nitrogens is 1. The van der Waals surface area contributed by atoms with Crippen LogP contribution in [0.4, 0.5) is 17.1 Å². The Morgan fingerprint density at radius 2 is 1.59 bits per heavy atom. The van der Waals surface area contributed by atoms with Crippen molar-refractivity contribution in [2.45, 2.75) is 13.8 Å². The second kappa shape index (κ2) is 6.23. The molecule has 116 valence electrons. The first-order chi connectivity index (χ1) is 10.3. The molecule has 0 amide bonds. The van der Waals surface area contributed by atoms with Crippen molar-refractivity contribution in [2.24, 2.45) is 10.2 Å². The molecule has 2 aromatic carbocycles. The summed E-state index contributed by atoms with van der Waals surface area (Å²) < 4.78 is 5.26. The lowest BCUT2D eigenvalue weighted by Crippen LogP contribution is -2.29. The molecule has 6 heteroatoms. The molecule has 0 heterocycles. The Morgan fingerprint density at radius 1 is 0.955 bits per heavy atom. The van der Waals surface area contributed by atoms with Crippen LogP contribution < -0.4 is 9.55 Å². The summed E-state index contributed by atoms with van der Waals surface area (Å²) in [7, 11) is 2.66. The first-order valence-corrected chi connectivity index (χ1v) is 6.77. The summed E-state index contributed by atoms with van der Waals surface area (Å²) in [5.74, 6) is 0.809. The van der Waals surface area contributed by atoms with E-state index in [1.165, 1.54) is 12.1 Å². The molecule has 0 saturated carbocycles. The number of methoxy groups -OCH3 is 1. The van der Waals surface area contributed by atoms with Crippen LogP contribution in [0.2, 0.25) is 0 Å². The molecule has 0 saturated heterocycles. The van der Waals surface area contributed by atoms with E-state index in [-0.39, 0.29) is 5.69 Å². The Bertz CT molecular complexity index is 689. The maximum atomic E-state index is 11.3. The van der Waals surface area contributed by atoms with E-state index < -0.39 is 4.81 Å². The maximum Gasteiger partial charge on any atom is 0.132 e. The number of rotatable bonds is 4. The average Bonchev–Trinajstić information content (AvgIpc) is 2.47. The first kappa shape index (κ1) is 16.1. The van der Waals surface area contributed by atoms with E-state index >= 15 is 0 Å². The van der Waals surface area contributed by atoms with Gasteiger partial charge in [-0.05, 0) is 49.2 Å². The number of hydrogen-bond donors (Lipinski definition) is 0. The molecular formula is C16H18N3O3-. The van der Waals surface area contributed by atoms with E-state index in [9.17, 15) is 10.4 Å². The van der Waals surface area contributed by atoms with Crippen molar-refractivity contribution in [1.82, 2.24) is 4.81 Å². The fourth-order valence-corrected chi connectivity index (χ4v) is 2.00. The van der Waals surface area contributed by atoms with E-state index in [0.29, 0.717) is 5.69 Å². The van der Waals surface area contributed by atoms with Gasteiger partial charge < -0.3 is 20.0 Å². The quantitative estimate of drug-likeness (QED) is 0.468. The third kappa shape index (κ3) is 3.67. The molecule has 22 heavy (non-hydrogen) atoms. The lowest BCUT2D eigenvalue weighted by atomic mass is 10.1. The number of hydroxylamine groups is 2. The molecule has 0 aliphatic heterocycles. The summed E-state index contributed by atoms with van der Waals surface area (Å²) in [6, 6.07) is 9.91. The highest BCUT2D eigenvalue weighted by Gasteiger charge is 2.05. The van der Waals surface area contributed by atoms with Gasteiger partial charge in [-0.25, -0.2) is 0 Å². The summed E-state index contributed by atoms with van der Waals surface area (Å²) in [6.07, 6.45) is 0. The Labute approximate surface area is 129 Å². The summed E-state index contributed by atoms with van der Waals surface area (Å²) in [5, 5.41) is 30.9. The monoisotopic (exact) mass is 300 g/mol. The predicted molar refractivity (Wildman–Crippen MR) is 87.5 cm³/mol. The Balaban J connectivity index is 2.24. The molecule has 6 nitrogen and oxygen atoms in total. The third-order valence-electron chi connectivity index (χ3n) is 3.31. The molecule has 0 fully saturated rings. The van der Waals surface area contributed by atoms with Crippen LogP contribution in [0, 0.1) is 24.3 Å². The minimum atomic E-state index is -1.71. The third-order valence-corrected chi connectivity index (χ3v) is 3.31. The van der Waals surface area contributed by atoms with Gasteiger partial charge in [0.1, 0.15) is 11.4 Å². The smallest absolute Gasteiger partial charge is 0.132 e. The summed E-state index contributed by atoms with van der Waals surface area (Å²) in [5.41, 5.74) is 3.37. The van der Waals surface area contributed by atoms with Crippen molar-refractivity contribution in [3.63, 3.8) is 0 Å². The van der Waals surface area contributed by atoms with Crippen LogP contribution in [0.15, 0.2) is 46.6 Å². The van der Waals surface area contributed by atoms with Crippen molar-refractivity contribution in [2.75, 3.05) is 14.2 Å². The lowest BCUT2D eigenvalue weighted by Gasteiger charge is -2.42. The van der Waals surface area contributed by atoms with Crippen LogP contribution in [-0.2, 0) is 0 Å². The van der Waals surface area contributed by atoms with Crippen LogP contribution in [0.1, 0.15) is 11.1 Å². The summed E-state index contributed by atoms with van der Waals surface area (Å²) in [4.78, 5) is -1.71. The van der Waals surface area contributed by atoms with Gasteiger partial charge in [0.15, 0.2) is 0 Å². The molecule has 0 aliphatic carbocycles. The SMILES string of the molecule is COc1cc(C)c(N=Nc2ccc([N+](C)([O-])[O-])cc2)cc1C. The van der Waals surface area contributed by atoms with E-state index in [1.807, 2.05) is 26.0 Å². The zero-order valence-corrected chi connectivity index (χ0v) is 13.0. The molecule has 0 aromatic heterocycles. The van der Waals surface area contributed by atoms with E-state index in [2.05, 4.69) is 10.2 Å². The molecule has 0 radical (unpaired) electrons. The highest BCUT2D eigenvalue weighted by molar-refractivity contribution is 5.54. The summed E-state index contributed by atoms with van der Waals surface area (Å²) >= 11 is 0. The van der Waals surface area contributed by atoms with Gasteiger partial charge in [0.05, 0.1) is 25.5 Å². The van der Waals surface area contributed by atoms with Gasteiger partial charge in [-0.1, -0.05) is 0 Å². The highest BCUT2D eigenvalue weighted by atomic mass is 16.8. The van der Waals surface area contributed by atoms with Gasteiger partial charge in [0.25, 0.3) is 0 Å². The van der Waals surface area contributed by atoms with Gasteiger partial charge in [-0.3, -0.25) is 0 Å². The van der Waals surface area contributed by atoms with Crippen LogP contribution >= 0.6 is 0 Å². The van der Waals surface area contributed by atoms with Gasteiger partial charge in [-0.2, -0.15) is 10.2 Å². The Hall–Kier alpha value is -2.28. The van der Waals surface area contributed by atoms with Crippen molar-refractivity contribution in [3.05, 3.63) is 57.9 Å². The van der Waals surface area contributed by atoms with Crippen molar-refractivity contribution < 1.29 is 4.74 Å². The molecule has 0 atom stereocenters. The second-order valence-corrected chi connectivity index (χ2v) is 5.17. The number of aryl methyl sites for hydroxylation is 2. The fourth-order valence-electron chi connectivity index (χ4n) is 2.00. The van der Waals surface area contributed by atoms with Crippen molar-refractivity contribution >= 4 is 17.1 Å². The van der Waals surface area contributed by atoms with Gasteiger partial charge in [-0.15, -0.1) is 0 Å². The van der Waals surface area contributed by atoms with Crippen molar-refractivity contribution in [1.29, 1.82) is 0 Å². The zero-order chi connectivity index (χ0) is 16.3. The summed E-state index contributed by atoms with van der Waals surface area (Å²) in [6.45, 7) is 3.87. The predicted octanol–water partition coefficient (Wildman–Crippen LogP) is 4.66. The Kier molecular flexibility index (Phi) is 4.56. The fraction of sp³-hybridized carbons (Fsp3) is 0.250. The van der Waals surface area contributed by atoms with Gasteiger partial charge in [0, 0.05) is 12.1 Å². The van der Waals surface area contributed by atoms with E-state index in [1.54, 1.807) is 19.2 Å². The molecule has 0 aliphatic rings. The second-order valence-electron chi connectivity index (χ2n) is 5.17. The molecule has 2 aromatic rings. The first-order valence-electron chi connectivity index (χ1n) is 6.77. The topological polar surface area (TPSA) is 80.1 Å². The molecule has 0 spiro atoms. The Morgan fingerprint density at radius 3 is 2.14 bits per heavy atom. The van der Waals surface area contributed by atoms with Gasteiger partial charge >= 0.3 is 0 Å².